The molecule has 0 radical (unpaired) electrons. The quantitative estimate of drug-likeness (QED) is 0.797. The summed E-state index contributed by atoms with van der Waals surface area (Å²) in [5, 5.41) is 24.7. The predicted octanol–water partition coefficient (Wildman–Crippen LogP) is 1.84. The summed E-state index contributed by atoms with van der Waals surface area (Å²) in [5.74, 6) is -0.966. The van der Waals surface area contributed by atoms with E-state index in [2.05, 4.69) is 10.3 Å². The molecule has 0 unspecified atom stereocenters. The monoisotopic (exact) mass is 278 g/mol. The van der Waals surface area contributed by atoms with Crippen LogP contribution >= 0.6 is 11.3 Å². The number of aromatic hydroxyl groups is 2. The van der Waals surface area contributed by atoms with Crippen LogP contribution in [0.5, 0.6) is 11.5 Å². The van der Waals surface area contributed by atoms with Crippen LogP contribution < -0.4 is 5.32 Å². The van der Waals surface area contributed by atoms with Crippen molar-refractivity contribution in [3.05, 3.63) is 39.8 Å². The average molecular weight is 278 g/mol. The first-order chi connectivity index (χ1) is 9.08. The number of hydrogen-bond donors (Lipinski definition) is 3. The van der Waals surface area contributed by atoms with E-state index in [4.69, 9.17) is 0 Å². The zero-order valence-corrected chi connectivity index (χ0v) is 11.2. The normalized spacial score (nSPS) is 10.4. The lowest BCUT2D eigenvalue weighted by atomic mass is 10.1. The van der Waals surface area contributed by atoms with Gasteiger partial charge in [0.25, 0.3) is 5.91 Å². The maximum Gasteiger partial charge on any atom is 0.258 e. The third-order valence-corrected chi connectivity index (χ3v) is 3.40. The van der Waals surface area contributed by atoms with Crippen molar-refractivity contribution in [2.24, 2.45) is 0 Å². The number of thiazole rings is 1. The maximum absolute atomic E-state index is 11.8. The molecule has 3 N–H and O–H groups in total. The fourth-order valence-corrected chi connectivity index (χ4v) is 2.32. The lowest BCUT2D eigenvalue weighted by Gasteiger charge is -2.07. The summed E-state index contributed by atoms with van der Waals surface area (Å²) in [5.41, 5.74) is 0.821. The Kier molecular flexibility index (Phi) is 4.01. The molecule has 0 saturated carbocycles. The second kappa shape index (κ2) is 5.71. The van der Waals surface area contributed by atoms with Gasteiger partial charge in [0.1, 0.15) is 17.1 Å². The van der Waals surface area contributed by atoms with E-state index < -0.39 is 5.91 Å². The van der Waals surface area contributed by atoms with Crippen LogP contribution in [0.2, 0.25) is 0 Å². The minimum atomic E-state index is -0.498. The third kappa shape index (κ3) is 3.23. The van der Waals surface area contributed by atoms with E-state index in [9.17, 15) is 15.0 Å². The van der Waals surface area contributed by atoms with E-state index in [1.165, 1.54) is 18.2 Å². The Labute approximate surface area is 114 Å². The smallest absolute Gasteiger partial charge is 0.258 e. The predicted molar refractivity (Wildman–Crippen MR) is 72.7 cm³/mol. The minimum Gasteiger partial charge on any atom is -0.507 e. The van der Waals surface area contributed by atoms with Gasteiger partial charge in [-0.3, -0.25) is 4.79 Å². The summed E-state index contributed by atoms with van der Waals surface area (Å²) < 4.78 is 0. The highest BCUT2D eigenvalue weighted by Crippen LogP contribution is 2.25. The highest BCUT2D eigenvalue weighted by Gasteiger charge is 2.15. The Morgan fingerprint density at radius 3 is 2.63 bits per heavy atom. The lowest BCUT2D eigenvalue weighted by molar-refractivity contribution is 0.0948. The molecule has 0 aliphatic rings. The standard InChI is InChI=1S/C13H14N2O3S/c1-8-15-9(7-19-8)5-6-14-13(18)12-10(16)3-2-4-11(12)17/h2-4,7,16-17H,5-6H2,1H3,(H,14,18). The zero-order valence-electron chi connectivity index (χ0n) is 10.4. The van der Waals surface area contributed by atoms with Gasteiger partial charge in [0.05, 0.1) is 10.7 Å². The second-order valence-corrected chi connectivity index (χ2v) is 5.10. The van der Waals surface area contributed by atoms with Gasteiger partial charge in [-0.05, 0) is 19.1 Å². The van der Waals surface area contributed by atoms with Gasteiger partial charge in [0.2, 0.25) is 0 Å². The fourth-order valence-electron chi connectivity index (χ4n) is 1.68. The Morgan fingerprint density at radius 1 is 1.37 bits per heavy atom. The molecule has 0 fully saturated rings. The number of carbonyl (C=O) groups excluding carboxylic acids is 1. The number of phenols is 2. The van der Waals surface area contributed by atoms with Gasteiger partial charge in [-0.1, -0.05) is 6.07 Å². The van der Waals surface area contributed by atoms with Crippen molar-refractivity contribution in [1.29, 1.82) is 0 Å². The lowest BCUT2D eigenvalue weighted by Crippen LogP contribution is -2.25. The number of phenolic OH excluding ortho intramolecular Hbond substituents is 2. The molecule has 6 heteroatoms. The molecule has 5 nitrogen and oxygen atoms in total. The molecule has 0 saturated heterocycles. The number of nitrogens with zero attached hydrogens (tertiary/aromatic N) is 1. The molecule has 0 bridgehead atoms. The summed E-state index contributed by atoms with van der Waals surface area (Å²) in [7, 11) is 0. The molecular weight excluding hydrogens is 264 g/mol. The number of carbonyl (C=O) groups is 1. The SMILES string of the molecule is Cc1nc(CCNC(=O)c2c(O)cccc2O)cs1. The van der Waals surface area contributed by atoms with Crippen LogP contribution in [-0.2, 0) is 6.42 Å². The Morgan fingerprint density at radius 2 is 2.05 bits per heavy atom. The van der Waals surface area contributed by atoms with E-state index in [-0.39, 0.29) is 17.1 Å². The van der Waals surface area contributed by atoms with Gasteiger partial charge in [-0.15, -0.1) is 11.3 Å². The molecule has 0 spiro atoms. The van der Waals surface area contributed by atoms with Crippen LogP contribution in [0, 0.1) is 6.92 Å². The van der Waals surface area contributed by atoms with Crippen molar-refractivity contribution in [3.63, 3.8) is 0 Å². The van der Waals surface area contributed by atoms with Crippen molar-refractivity contribution >= 4 is 17.2 Å². The van der Waals surface area contributed by atoms with Gasteiger partial charge in [-0.25, -0.2) is 4.98 Å². The minimum absolute atomic E-state index is 0.100. The largest absolute Gasteiger partial charge is 0.507 e. The Bertz CT molecular complexity index is 575. The van der Waals surface area contributed by atoms with E-state index in [1.54, 1.807) is 11.3 Å². The first-order valence-electron chi connectivity index (χ1n) is 5.78. The molecule has 19 heavy (non-hydrogen) atoms. The number of amides is 1. The zero-order chi connectivity index (χ0) is 13.8. The number of nitrogens with one attached hydrogen (secondary N) is 1. The summed E-state index contributed by atoms with van der Waals surface area (Å²) in [6.07, 6.45) is 0.616. The van der Waals surface area contributed by atoms with Crippen LogP contribution in [0.1, 0.15) is 21.1 Å². The highest BCUT2D eigenvalue weighted by atomic mass is 32.1. The number of aryl methyl sites for hydroxylation is 1. The summed E-state index contributed by atoms with van der Waals surface area (Å²) in [6, 6.07) is 4.19. The van der Waals surface area contributed by atoms with Crippen molar-refractivity contribution < 1.29 is 15.0 Å². The Balaban J connectivity index is 1.94. The van der Waals surface area contributed by atoms with Crippen molar-refractivity contribution in [1.82, 2.24) is 10.3 Å². The van der Waals surface area contributed by atoms with Gasteiger partial charge in [-0.2, -0.15) is 0 Å². The molecule has 1 heterocycles. The molecule has 0 aliphatic heterocycles. The average Bonchev–Trinajstić information content (AvgIpc) is 2.75. The fraction of sp³-hybridized carbons (Fsp3) is 0.231. The number of hydrogen-bond acceptors (Lipinski definition) is 5. The van der Waals surface area contributed by atoms with Crippen molar-refractivity contribution in [2.75, 3.05) is 6.54 Å². The van der Waals surface area contributed by atoms with Crippen LogP contribution in [0.15, 0.2) is 23.6 Å². The van der Waals surface area contributed by atoms with Gasteiger partial charge in [0, 0.05) is 18.3 Å². The van der Waals surface area contributed by atoms with Gasteiger partial charge < -0.3 is 15.5 Å². The summed E-state index contributed by atoms with van der Waals surface area (Å²) in [6.45, 7) is 2.32. The summed E-state index contributed by atoms with van der Waals surface area (Å²) in [4.78, 5) is 16.1. The highest BCUT2D eigenvalue weighted by molar-refractivity contribution is 7.09. The van der Waals surface area contributed by atoms with Crippen molar-refractivity contribution in [3.8, 4) is 11.5 Å². The van der Waals surface area contributed by atoms with E-state index in [0.29, 0.717) is 13.0 Å². The first-order valence-corrected chi connectivity index (χ1v) is 6.66. The Hall–Kier alpha value is -2.08. The number of rotatable bonds is 4. The van der Waals surface area contributed by atoms with Crippen LogP contribution in [-0.4, -0.2) is 27.6 Å². The van der Waals surface area contributed by atoms with Gasteiger partial charge in [0.15, 0.2) is 0 Å². The summed E-state index contributed by atoms with van der Waals surface area (Å²) >= 11 is 1.56. The van der Waals surface area contributed by atoms with E-state index in [0.717, 1.165) is 10.7 Å². The molecule has 0 aliphatic carbocycles. The first kappa shape index (κ1) is 13.4. The van der Waals surface area contributed by atoms with E-state index in [1.807, 2.05) is 12.3 Å². The second-order valence-electron chi connectivity index (χ2n) is 4.04. The van der Waals surface area contributed by atoms with E-state index >= 15 is 0 Å². The maximum atomic E-state index is 11.8. The molecular formula is C13H14N2O3S. The molecule has 1 amide bonds. The molecule has 1 aromatic carbocycles. The molecule has 0 atom stereocenters. The number of benzene rings is 1. The third-order valence-electron chi connectivity index (χ3n) is 2.58. The van der Waals surface area contributed by atoms with Gasteiger partial charge >= 0.3 is 0 Å². The topological polar surface area (TPSA) is 82.5 Å². The van der Waals surface area contributed by atoms with Crippen molar-refractivity contribution in [2.45, 2.75) is 13.3 Å². The van der Waals surface area contributed by atoms with Crippen LogP contribution in [0.25, 0.3) is 0 Å². The molecule has 2 aromatic rings. The number of aromatic nitrogens is 1. The molecule has 100 valence electrons. The molecule has 1 aromatic heterocycles. The molecule has 2 rings (SSSR count). The van der Waals surface area contributed by atoms with Crippen LogP contribution in [0.4, 0.5) is 0 Å². The van der Waals surface area contributed by atoms with Crippen LogP contribution in [0.3, 0.4) is 0 Å².